The van der Waals surface area contributed by atoms with Crippen LogP contribution in [0.4, 0.5) is 10.8 Å². The van der Waals surface area contributed by atoms with Crippen molar-refractivity contribution in [1.29, 1.82) is 0 Å². The van der Waals surface area contributed by atoms with Crippen LogP contribution >= 0.6 is 23.1 Å². The molecule has 202 valence electrons. The number of aromatic nitrogens is 1. The molecule has 0 bridgehead atoms. The number of thioether (sulfide) groups is 1. The van der Waals surface area contributed by atoms with E-state index in [9.17, 15) is 9.59 Å². The van der Waals surface area contributed by atoms with Crippen molar-refractivity contribution in [1.82, 2.24) is 4.98 Å². The zero-order chi connectivity index (χ0) is 27.7. The third-order valence-electron chi connectivity index (χ3n) is 5.73. The van der Waals surface area contributed by atoms with Crippen LogP contribution in [0.1, 0.15) is 17.7 Å². The number of thiazole rings is 1. The van der Waals surface area contributed by atoms with Gasteiger partial charge in [-0.2, -0.15) is 0 Å². The number of para-hydroxylation sites is 1. The van der Waals surface area contributed by atoms with Crippen molar-refractivity contribution in [3.63, 3.8) is 0 Å². The van der Waals surface area contributed by atoms with Gasteiger partial charge in [0.15, 0.2) is 11.7 Å². The fourth-order valence-corrected chi connectivity index (χ4v) is 5.91. The lowest BCUT2D eigenvalue weighted by Crippen LogP contribution is -2.20. The van der Waals surface area contributed by atoms with Crippen LogP contribution < -0.4 is 20.1 Å². The third kappa shape index (κ3) is 7.19. The standard InChI is InChI=1S/C31H27N3O4S2/c1-2-37-24-16-17-26-27(19-24)40-31(33-26)34-30(36)29(21-10-5-3-6-11-21)39-25-15-9-12-22(18-25)32-28(35)20-38-23-13-7-4-8-14-23/h3-19,29H,2,20H2,1H3,(H,32,35)(H,33,34,36). The predicted molar refractivity (Wildman–Crippen MR) is 161 cm³/mol. The average Bonchev–Trinajstić information content (AvgIpc) is 3.37. The van der Waals surface area contributed by atoms with Crippen LogP contribution in [0.15, 0.2) is 108 Å². The molecule has 2 amide bonds. The van der Waals surface area contributed by atoms with Gasteiger partial charge in [-0.15, -0.1) is 11.8 Å². The summed E-state index contributed by atoms with van der Waals surface area (Å²) in [6.45, 7) is 2.41. The van der Waals surface area contributed by atoms with Crippen LogP contribution in [0, 0.1) is 0 Å². The van der Waals surface area contributed by atoms with Gasteiger partial charge in [-0.3, -0.25) is 9.59 Å². The SMILES string of the molecule is CCOc1ccc2nc(NC(=O)C(Sc3cccc(NC(=O)COc4ccccc4)c3)c3ccccc3)sc2c1. The number of nitrogens with one attached hydrogen (secondary N) is 2. The van der Waals surface area contributed by atoms with Crippen molar-refractivity contribution in [2.24, 2.45) is 0 Å². The summed E-state index contributed by atoms with van der Waals surface area (Å²) in [5, 5.41) is 5.85. The zero-order valence-electron chi connectivity index (χ0n) is 21.7. The Morgan fingerprint density at radius 1 is 0.850 bits per heavy atom. The Morgan fingerprint density at radius 3 is 2.40 bits per heavy atom. The van der Waals surface area contributed by atoms with Gasteiger partial charge in [0.25, 0.3) is 5.91 Å². The topological polar surface area (TPSA) is 89.5 Å². The molecule has 9 heteroatoms. The number of rotatable bonds is 11. The van der Waals surface area contributed by atoms with Crippen molar-refractivity contribution in [3.8, 4) is 11.5 Å². The molecular weight excluding hydrogens is 542 g/mol. The van der Waals surface area contributed by atoms with Crippen LogP contribution in [0.25, 0.3) is 10.2 Å². The number of carbonyl (C=O) groups excluding carboxylic acids is 2. The van der Waals surface area contributed by atoms with E-state index in [0.717, 1.165) is 26.4 Å². The fraction of sp³-hybridized carbons (Fsp3) is 0.129. The summed E-state index contributed by atoms with van der Waals surface area (Å²) in [5.41, 5.74) is 2.28. The molecule has 0 fully saturated rings. The molecule has 4 aromatic carbocycles. The molecule has 0 aliphatic rings. The van der Waals surface area contributed by atoms with Crippen LogP contribution in [0.2, 0.25) is 0 Å². The highest BCUT2D eigenvalue weighted by Gasteiger charge is 2.23. The molecule has 0 saturated carbocycles. The number of benzene rings is 4. The number of fused-ring (bicyclic) bond motifs is 1. The van der Waals surface area contributed by atoms with E-state index in [1.54, 1.807) is 18.2 Å². The lowest BCUT2D eigenvalue weighted by atomic mass is 10.1. The highest BCUT2D eigenvalue weighted by molar-refractivity contribution is 8.00. The summed E-state index contributed by atoms with van der Waals surface area (Å²) in [6, 6.07) is 31.9. The van der Waals surface area contributed by atoms with Gasteiger partial charge < -0.3 is 20.1 Å². The molecule has 1 aromatic heterocycles. The highest BCUT2D eigenvalue weighted by Crippen LogP contribution is 2.38. The minimum Gasteiger partial charge on any atom is -0.494 e. The molecule has 1 heterocycles. The molecule has 7 nitrogen and oxygen atoms in total. The van der Waals surface area contributed by atoms with E-state index in [0.29, 0.717) is 23.2 Å². The van der Waals surface area contributed by atoms with Crippen molar-refractivity contribution < 1.29 is 19.1 Å². The summed E-state index contributed by atoms with van der Waals surface area (Å²) >= 11 is 2.80. The Balaban J connectivity index is 1.29. The number of ether oxygens (including phenoxy) is 2. The van der Waals surface area contributed by atoms with Gasteiger partial charge in [0.2, 0.25) is 5.91 Å². The highest BCUT2D eigenvalue weighted by atomic mass is 32.2. The minimum atomic E-state index is -0.542. The Hall–Kier alpha value is -4.34. The van der Waals surface area contributed by atoms with E-state index in [2.05, 4.69) is 15.6 Å². The van der Waals surface area contributed by atoms with Crippen molar-refractivity contribution >= 4 is 55.9 Å². The molecule has 1 atom stereocenters. The molecule has 1 unspecified atom stereocenters. The Kier molecular flexibility index (Phi) is 8.95. The molecule has 40 heavy (non-hydrogen) atoms. The molecule has 5 rings (SSSR count). The number of hydrogen-bond donors (Lipinski definition) is 2. The van der Waals surface area contributed by atoms with Crippen molar-refractivity contribution in [2.75, 3.05) is 23.8 Å². The maximum Gasteiger partial charge on any atom is 0.262 e. The number of carbonyl (C=O) groups is 2. The zero-order valence-corrected chi connectivity index (χ0v) is 23.3. The first-order chi connectivity index (χ1) is 19.6. The smallest absolute Gasteiger partial charge is 0.262 e. The number of anilines is 2. The third-order valence-corrected chi connectivity index (χ3v) is 7.91. The van der Waals surface area contributed by atoms with E-state index in [1.165, 1.54) is 23.1 Å². The Bertz CT molecular complexity index is 1590. The van der Waals surface area contributed by atoms with Gasteiger partial charge in [-0.05, 0) is 61.0 Å². The molecule has 0 aliphatic heterocycles. The van der Waals surface area contributed by atoms with E-state index in [-0.39, 0.29) is 18.4 Å². The van der Waals surface area contributed by atoms with E-state index >= 15 is 0 Å². The van der Waals surface area contributed by atoms with Gasteiger partial charge in [0.1, 0.15) is 16.7 Å². The first-order valence-corrected chi connectivity index (χ1v) is 14.4. The molecular formula is C31H27N3O4S2. The number of nitrogens with zero attached hydrogens (tertiary/aromatic N) is 1. The lowest BCUT2D eigenvalue weighted by Gasteiger charge is -2.17. The summed E-state index contributed by atoms with van der Waals surface area (Å²) in [5.74, 6) is 0.937. The lowest BCUT2D eigenvalue weighted by molar-refractivity contribution is -0.118. The molecule has 0 spiro atoms. The Labute approximate surface area is 240 Å². The first kappa shape index (κ1) is 27.2. The van der Waals surface area contributed by atoms with E-state index < -0.39 is 5.25 Å². The summed E-state index contributed by atoms with van der Waals surface area (Å²) in [4.78, 5) is 31.4. The van der Waals surface area contributed by atoms with Crippen LogP contribution in [0.3, 0.4) is 0 Å². The van der Waals surface area contributed by atoms with Crippen LogP contribution in [-0.4, -0.2) is 30.0 Å². The van der Waals surface area contributed by atoms with Crippen molar-refractivity contribution in [2.45, 2.75) is 17.1 Å². The Morgan fingerprint density at radius 2 is 1.62 bits per heavy atom. The van der Waals surface area contributed by atoms with Crippen LogP contribution in [0.5, 0.6) is 11.5 Å². The second kappa shape index (κ2) is 13.1. The van der Waals surface area contributed by atoms with E-state index in [1.807, 2.05) is 91.9 Å². The normalized spacial score (nSPS) is 11.5. The monoisotopic (exact) mass is 569 g/mol. The van der Waals surface area contributed by atoms with Gasteiger partial charge in [0.05, 0.1) is 16.8 Å². The minimum absolute atomic E-state index is 0.106. The second-order valence-electron chi connectivity index (χ2n) is 8.66. The summed E-state index contributed by atoms with van der Waals surface area (Å²) in [7, 11) is 0. The molecule has 5 aromatic rings. The second-order valence-corrected chi connectivity index (χ2v) is 10.9. The summed E-state index contributed by atoms with van der Waals surface area (Å²) < 4.78 is 12.1. The quantitative estimate of drug-likeness (QED) is 0.164. The molecule has 0 radical (unpaired) electrons. The van der Waals surface area contributed by atoms with Gasteiger partial charge in [-0.25, -0.2) is 4.98 Å². The van der Waals surface area contributed by atoms with Gasteiger partial charge in [-0.1, -0.05) is 65.9 Å². The largest absolute Gasteiger partial charge is 0.494 e. The van der Waals surface area contributed by atoms with Crippen LogP contribution in [-0.2, 0) is 9.59 Å². The summed E-state index contributed by atoms with van der Waals surface area (Å²) in [6.07, 6.45) is 0. The average molecular weight is 570 g/mol. The molecule has 0 saturated heterocycles. The predicted octanol–water partition coefficient (Wildman–Crippen LogP) is 7.18. The maximum absolute atomic E-state index is 13.6. The number of hydrogen-bond acceptors (Lipinski definition) is 7. The van der Waals surface area contributed by atoms with E-state index in [4.69, 9.17) is 9.47 Å². The molecule has 2 N–H and O–H groups in total. The molecule has 0 aliphatic carbocycles. The maximum atomic E-state index is 13.6. The fourth-order valence-electron chi connectivity index (χ4n) is 3.93. The van der Waals surface area contributed by atoms with Gasteiger partial charge in [0, 0.05) is 10.6 Å². The van der Waals surface area contributed by atoms with Gasteiger partial charge >= 0.3 is 0 Å². The first-order valence-electron chi connectivity index (χ1n) is 12.7. The number of amides is 2. The van der Waals surface area contributed by atoms with Crippen molar-refractivity contribution in [3.05, 3.63) is 109 Å².